The molecule has 19 heavy (non-hydrogen) atoms. The average molecular weight is 371 g/mol. The van der Waals surface area contributed by atoms with Gasteiger partial charge in [-0.25, -0.2) is 0 Å². The van der Waals surface area contributed by atoms with Crippen LogP contribution in [0.1, 0.15) is 13.8 Å². The van der Waals surface area contributed by atoms with E-state index in [0.29, 0.717) is 23.2 Å². The normalized spacial score (nSPS) is 10.5. The molecule has 0 bridgehead atoms. The zero-order valence-electron chi connectivity index (χ0n) is 10.6. The Morgan fingerprint density at radius 3 is 2.37 bits per heavy atom. The van der Waals surface area contributed by atoms with Crippen molar-refractivity contribution in [1.82, 2.24) is 9.97 Å². The van der Waals surface area contributed by atoms with Crippen molar-refractivity contribution in [2.45, 2.75) is 20.0 Å². The van der Waals surface area contributed by atoms with Crippen LogP contribution in [0, 0.1) is 3.57 Å². The van der Waals surface area contributed by atoms with Gasteiger partial charge in [0.05, 0.1) is 6.10 Å². The highest BCUT2D eigenvalue weighted by atomic mass is 127. The van der Waals surface area contributed by atoms with Crippen LogP contribution in [0.4, 0.5) is 5.69 Å². The minimum absolute atomic E-state index is 0.0108. The summed E-state index contributed by atoms with van der Waals surface area (Å²) in [5, 5.41) is 0. The van der Waals surface area contributed by atoms with Gasteiger partial charge in [-0.2, -0.15) is 9.97 Å². The van der Waals surface area contributed by atoms with Crippen molar-refractivity contribution in [2.75, 3.05) is 5.73 Å². The van der Waals surface area contributed by atoms with Gasteiger partial charge >= 0.3 is 0 Å². The smallest absolute Gasteiger partial charge is 0.249 e. The van der Waals surface area contributed by atoms with Gasteiger partial charge < -0.3 is 15.2 Å². The maximum absolute atomic E-state index is 5.93. The molecule has 100 valence electrons. The molecule has 2 rings (SSSR count). The second kappa shape index (κ2) is 6.05. The molecule has 6 heteroatoms. The van der Waals surface area contributed by atoms with Gasteiger partial charge in [0.2, 0.25) is 11.8 Å². The van der Waals surface area contributed by atoms with Crippen molar-refractivity contribution in [2.24, 2.45) is 0 Å². The second-order valence-corrected chi connectivity index (χ2v) is 5.37. The number of nitrogen functional groups attached to an aromatic ring is 1. The lowest BCUT2D eigenvalue weighted by Crippen LogP contribution is -2.10. The molecule has 0 aliphatic rings. The Bertz CT molecular complexity index is 558. The van der Waals surface area contributed by atoms with Gasteiger partial charge in [0, 0.05) is 3.57 Å². The van der Waals surface area contributed by atoms with Crippen molar-refractivity contribution >= 4 is 28.3 Å². The van der Waals surface area contributed by atoms with Crippen LogP contribution in [-0.4, -0.2) is 16.1 Å². The maximum atomic E-state index is 5.93. The predicted octanol–water partition coefficient (Wildman–Crippen LogP) is 3.24. The fraction of sp³-hybridized carbons (Fsp3) is 0.231. The first-order valence-electron chi connectivity index (χ1n) is 5.77. The molecule has 2 aromatic rings. The molecule has 2 N–H and O–H groups in total. The third-order valence-corrected chi connectivity index (χ3v) is 2.91. The molecule has 0 spiro atoms. The standard InChI is InChI=1S/C13H14IN3O2/c1-8(2)18-12-11(15)13(17-7-16-12)19-10-5-3-9(14)4-6-10/h3-8H,15H2,1-2H3. The Labute approximate surface area is 125 Å². The fourth-order valence-electron chi connectivity index (χ4n) is 1.38. The molecular formula is C13H14IN3O2. The summed E-state index contributed by atoms with van der Waals surface area (Å²) in [5.74, 6) is 1.30. The lowest BCUT2D eigenvalue weighted by Gasteiger charge is -2.12. The Morgan fingerprint density at radius 2 is 1.74 bits per heavy atom. The maximum Gasteiger partial charge on any atom is 0.249 e. The average Bonchev–Trinajstić information content (AvgIpc) is 2.36. The highest BCUT2D eigenvalue weighted by Gasteiger charge is 2.12. The molecule has 0 unspecified atom stereocenters. The van der Waals surface area contributed by atoms with Crippen LogP contribution in [0.3, 0.4) is 0 Å². The number of nitrogens with two attached hydrogens (primary N) is 1. The van der Waals surface area contributed by atoms with Crippen molar-refractivity contribution in [3.05, 3.63) is 34.2 Å². The molecule has 0 atom stereocenters. The summed E-state index contributed by atoms with van der Waals surface area (Å²) < 4.78 is 12.2. The number of halogens is 1. The lowest BCUT2D eigenvalue weighted by atomic mass is 10.3. The highest BCUT2D eigenvalue weighted by molar-refractivity contribution is 14.1. The molecule has 1 aromatic heterocycles. The zero-order valence-corrected chi connectivity index (χ0v) is 12.8. The van der Waals surface area contributed by atoms with E-state index in [1.54, 1.807) is 0 Å². The van der Waals surface area contributed by atoms with Crippen molar-refractivity contribution in [3.63, 3.8) is 0 Å². The van der Waals surface area contributed by atoms with Crippen LogP contribution in [-0.2, 0) is 0 Å². The van der Waals surface area contributed by atoms with Gasteiger partial charge in [0.25, 0.3) is 0 Å². The Kier molecular flexibility index (Phi) is 4.41. The first-order valence-corrected chi connectivity index (χ1v) is 6.84. The summed E-state index contributed by atoms with van der Waals surface area (Å²) in [7, 11) is 0. The first kappa shape index (κ1) is 13.9. The number of anilines is 1. The molecule has 0 amide bonds. The van der Waals surface area contributed by atoms with Gasteiger partial charge in [-0.05, 0) is 60.7 Å². The Balaban J connectivity index is 2.23. The van der Waals surface area contributed by atoms with Crippen molar-refractivity contribution in [1.29, 1.82) is 0 Å². The van der Waals surface area contributed by atoms with E-state index < -0.39 is 0 Å². The quantitative estimate of drug-likeness (QED) is 0.836. The zero-order chi connectivity index (χ0) is 13.8. The van der Waals surface area contributed by atoms with Crippen LogP contribution in [0.25, 0.3) is 0 Å². The third-order valence-electron chi connectivity index (χ3n) is 2.19. The number of hydrogen-bond donors (Lipinski definition) is 1. The Hall–Kier alpha value is -1.57. The minimum Gasteiger partial charge on any atom is -0.473 e. The number of nitrogens with zero attached hydrogens (tertiary/aromatic N) is 2. The number of benzene rings is 1. The Morgan fingerprint density at radius 1 is 1.11 bits per heavy atom. The van der Waals surface area contributed by atoms with Gasteiger partial charge in [0.1, 0.15) is 12.1 Å². The lowest BCUT2D eigenvalue weighted by molar-refractivity contribution is 0.233. The van der Waals surface area contributed by atoms with Gasteiger partial charge in [-0.15, -0.1) is 0 Å². The number of hydrogen-bond acceptors (Lipinski definition) is 5. The summed E-state index contributed by atoms with van der Waals surface area (Å²) >= 11 is 2.23. The first-order chi connectivity index (χ1) is 9.06. The van der Waals surface area contributed by atoms with E-state index >= 15 is 0 Å². The van der Waals surface area contributed by atoms with E-state index in [2.05, 4.69) is 32.6 Å². The summed E-state index contributed by atoms with van der Waals surface area (Å²) in [6, 6.07) is 7.59. The largest absolute Gasteiger partial charge is 0.473 e. The van der Waals surface area contributed by atoms with E-state index in [1.807, 2.05) is 38.1 Å². The van der Waals surface area contributed by atoms with Gasteiger partial charge in [0.15, 0.2) is 5.69 Å². The molecular weight excluding hydrogens is 357 g/mol. The molecule has 0 saturated heterocycles. The predicted molar refractivity (Wildman–Crippen MR) is 81.4 cm³/mol. The SMILES string of the molecule is CC(C)Oc1ncnc(Oc2ccc(I)cc2)c1N. The van der Waals surface area contributed by atoms with E-state index in [1.165, 1.54) is 6.33 Å². The minimum atomic E-state index is -0.0108. The van der Waals surface area contributed by atoms with Crippen molar-refractivity contribution < 1.29 is 9.47 Å². The molecule has 1 heterocycles. The van der Waals surface area contributed by atoms with Crippen LogP contribution in [0.15, 0.2) is 30.6 Å². The fourth-order valence-corrected chi connectivity index (χ4v) is 1.74. The number of ether oxygens (including phenoxy) is 2. The topological polar surface area (TPSA) is 70.3 Å². The molecule has 0 aliphatic carbocycles. The molecule has 0 radical (unpaired) electrons. The van der Waals surface area contributed by atoms with Crippen LogP contribution in [0.5, 0.6) is 17.5 Å². The van der Waals surface area contributed by atoms with Gasteiger partial charge in [-0.3, -0.25) is 0 Å². The summed E-state index contributed by atoms with van der Waals surface area (Å²) in [6.45, 7) is 3.81. The monoisotopic (exact) mass is 371 g/mol. The van der Waals surface area contributed by atoms with E-state index in [9.17, 15) is 0 Å². The summed E-state index contributed by atoms with van der Waals surface area (Å²) in [6.07, 6.45) is 1.36. The molecule has 0 fully saturated rings. The molecule has 1 aromatic carbocycles. The van der Waals surface area contributed by atoms with E-state index in [-0.39, 0.29) is 6.10 Å². The second-order valence-electron chi connectivity index (χ2n) is 4.12. The van der Waals surface area contributed by atoms with Crippen LogP contribution < -0.4 is 15.2 Å². The number of rotatable bonds is 4. The third kappa shape index (κ3) is 3.69. The van der Waals surface area contributed by atoms with Crippen LogP contribution >= 0.6 is 22.6 Å². The summed E-state index contributed by atoms with van der Waals surface area (Å²) in [5.41, 5.74) is 6.23. The van der Waals surface area contributed by atoms with Crippen LogP contribution in [0.2, 0.25) is 0 Å². The summed E-state index contributed by atoms with van der Waals surface area (Å²) in [4.78, 5) is 8.02. The molecule has 0 saturated carbocycles. The van der Waals surface area contributed by atoms with Crippen molar-refractivity contribution in [3.8, 4) is 17.5 Å². The highest BCUT2D eigenvalue weighted by Crippen LogP contribution is 2.31. The number of aromatic nitrogens is 2. The van der Waals surface area contributed by atoms with E-state index in [4.69, 9.17) is 15.2 Å². The molecule has 0 aliphatic heterocycles. The van der Waals surface area contributed by atoms with E-state index in [0.717, 1.165) is 3.57 Å². The van der Waals surface area contributed by atoms with Gasteiger partial charge in [-0.1, -0.05) is 0 Å². The molecule has 5 nitrogen and oxygen atoms in total.